The van der Waals surface area contributed by atoms with Gasteiger partial charge in [0.2, 0.25) is 0 Å². The van der Waals surface area contributed by atoms with Gasteiger partial charge in [-0.25, -0.2) is 4.79 Å². The molecule has 4 aromatic rings. The molecular formula is C31H35N3O4. The fourth-order valence-corrected chi connectivity index (χ4v) is 5.25. The molecule has 0 unspecified atom stereocenters. The lowest BCUT2D eigenvalue weighted by Gasteiger charge is -2.21. The van der Waals surface area contributed by atoms with Gasteiger partial charge in [0.25, 0.3) is 5.91 Å². The van der Waals surface area contributed by atoms with Crippen molar-refractivity contribution in [3.05, 3.63) is 75.8 Å². The number of rotatable bonds is 11. The van der Waals surface area contributed by atoms with Gasteiger partial charge in [0.05, 0.1) is 12.6 Å². The van der Waals surface area contributed by atoms with Crippen LogP contribution in [0.4, 0.5) is 5.69 Å². The molecule has 0 bridgehead atoms. The zero-order chi connectivity index (χ0) is 26.3. The molecule has 0 atom stereocenters. The van der Waals surface area contributed by atoms with Crippen LogP contribution in [0.3, 0.4) is 0 Å². The van der Waals surface area contributed by atoms with Crippen LogP contribution in [0.15, 0.2) is 57.7 Å². The number of benzene rings is 2. The summed E-state index contributed by atoms with van der Waals surface area (Å²) in [5.74, 6) is 0.238. The molecule has 0 saturated heterocycles. The molecule has 0 fully saturated rings. The van der Waals surface area contributed by atoms with E-state index in [4.69, 9.17) is 14.1 Å². The number of carbonyl (C=O) groups is 1. The lowest BCUT2D eigenvalue weighted by atomic mass is 9.92. The number of hydrogen-bond donors (Lipinski definition) is 2. The zero-order valence-electron chi connectivity index (χ0n) is 22.0. The van der Waals surface area contributed by atoms with Gasteiger partial charge in [-0.05, 0) is 74.4 Å². The Morgan fingerprint density at radius 1 is 0.974 bits per heavy atom. The summed E-state index contributed by atoms with van der Waals surface area (Å²) in [6, 6.07) is 15.1. The number of anilines is 1. The first-order valence-corrected chi connectivity index (χ1v) is 13.7. The summed E-state index contributed by atoms with van der Waals surface area (Å²) < 4.78 is 10.5. The maximum Gasteiger partial charge on any atom is 0.349 e. The number of hydrogen-bond acceptors (Lipinski definition) is 6. The van der Waals surface area contributed by atoms with Gasteiger partial charge in [-0.15, -0.1) is 0 Å². The van der Waals surface area contributed by atoms with Crippen LogP contribution >= 0.6 is 0 Å². The van der Waals surface area contributed by atoms with E-state index >= 15 is 0 Å². The zero-order valence-corrected chi connectivity index (χ0v) is 22.0. The molecule has 0 radical (unpaired) electrons. The molecule has 0 saturated carbocycles. The largest absolute Gasteiger partial charge is 0.497 e. The smallest absolute Gasteiger partial charge is 0.349 e. The average molecular weight is 514 g/mol. The highest BCUT2D eigenvalue weighted by atomic mass is 16.5. The van der Waals surface area contributed by atoms with Crippen molar-refractivity contribution in [3.8, 4) is 5.75 Å². The topological polar surface area (TPSA) is 93.5 Å². The highest BCUT2D eigenvalue weighted by Gasteiger charge is 2.18. The number of methoxy groups -OCH3 is 1. The number of amides is 1. The lowest BCUT2D eigenvalue weighted by molar-refractivity contribution is 0.0949. The standard InChI is InChI=1S/C31H35N3O4/c1-37-22-15-16-28-21(19-22)20-25(31(36)38-28)30(35)33-18-10-4-2-3-9-17-32-29-23-11-5-7-13-26(23)34-27-14-8-6-12-24(27)29/h5,7,11,13,15-16,19-20H,2-4,6,8-10,12,14,17-18H2,1H3,(H,32,34)(H,33,35). The fourth-order valence-electron chi connectivity index (χ4n) is 5.25. The molecule has 5 rings (SSSR count). The Morgan fingerprint density at radius 2 is 1.76 bits per heavy atom. The Labute approximate surface area is 222 Å². The van der Waals surface area contributed by atoms with Crippen LogP contribution in [0.5, 0.6) is 5.75 Å². The molecule has 1 amide bonds. The molecule has 7 heteroatoms. The summed E-state index contributed by atoms with van der Waals surface area (Å²) in [4.78, 5) is 29.7. The summed E-state index contributed by atoms with van der Waals surface area (Å²) in [5, 5.41) is 8.47. The van der Waals surface area contributed by atoms with E-state index in [1.54, 1.807) is 31.4 Å². The van der Waals surface area contributed by atoms with Crippen molar-refractivity contribution in [1.82, 2.24) is 10.3 Å². The molecule has 0 aliphatic heterocycles. The molecule has 0 spiro atoms. The minimum atomic E-state index is -0.629. The second-order valence-electron chi connectivity index (χ2n) is 9.94. The quantitative estimate of drug-likeness (QED) is 0.188. The minimum absolute atomic E-state index is 0.0163. The van der Waals surface area contributed by atoms with Crippen LogP contribution in [0.1, 0.15) is 66.6 Å². The summed E-state index contributed by atoms with van der Waals surface area (Å²) in [6.45, 7) is 1.47. The predicted octanol–water partition coefficient (Wildman–Crippen LogP) is 6.02. The minimum Gasteiger partial charge on any atom is -0.497 e. The number of fused-ring (bicyclic) bond motifs is 3. The Balaban J connectivity index is 1.05. The number of aromatic nitrogens is 1. The number of carbonyl (C=O) groups excluding carboxylic acids is 1. The molecule has 2 aromatic heterocycles. The second kappa shape index (κ2) is 12.1. The van der Waals surface area contributed by atoms with Crippen molar-refractivity contribution in [2.24, 2.45) is 0 Å². The summed E-state index contributed by atoms with van der Waals surface area (Å²) in [6.07, 6.45) is 9.86. The molecule has 7 nitrogen and oxygen atoms in total. The highest BCUT2D eigenvalue weighted by Crippen LogP contribution is 2.33. The Morgan fingerprint density at radius 3 is 2.63 bits per heavy atom. The van der Waals surface area contributed by atoms with E-state index in [2.05, 4.69) is 34.9 Å². The number of aryl methyl sites for hydroxylation is 1. The van der Waals surface area contributed by atoms with Gasteiger partial charge in [0.15, 0.2) is 0 Å². The lowest BCUT2D eigenvalue weighted by Crippen LogP contribution is -2.29. The number of ether oxygens (including phenoxy) is 1. The SMILES string of the molecule is COc1ccc2oc(=O)c(C(=O)NCCCCCCCNc3c4c(nc5ccccc35)CCCC4)cc2c1. The van der Waals surface area contributed by atoms with Gasteiger partial charge in [-0.1, -0.05) is 37.5 Å². The summed E-state index contributed by atoms with van der Waals surface area (Å²) in [5.41, 5.74) is 4.85. The molecule has 2 aromatic carbocycles. The number of pyridine rings is 1. The van der Waals surface area contributed by atoms with Crippen LogP contribution in [-0.4, -0.2) is 31.1 Å². The van der Waals surface area contributed by atoms with Crippen LogP contribution in [0.25, 0.3) is 21.9 Å². The predicted molar refractivity (Wildman–Crippen MR) is 151 cm³/mol. The van der Waals surface area contributed by atoms with E-state index in [1.165, 1.54) is 35.2 Å². The summed E-state index contributed by atoms with van der Waals surface area (Å²) >= 11 is 0. The first-order chi connectivity index (χ1) is 18.6. The van der Waals surface area contributed by atoms with Gasteiger partial charge >= 0.3 is 5.63 Å². The first-order valence-electron chi connectivity index (χ1n) is 13.7. The van der Waals surface area contributed by atoms with Gasteiger partial charge in [-0.2, -0.15) is 0 Å². The summed E-state index contributed by atoms with van der Waals surface area (Å²) in [7, 11) is 1.57. The number of nitrogens with zero attached hydrogens (tertiary/aromatic N) is 1. The number of para-hydroxylation sites is 1. The first kappa shape index (κ1) is 25.8. The van der Waals surface area contributed by atoms with Crippen LogP contribution in [0, 0.1) is 0 Å². The Kier molecular flexibility index (Phi) is 8.22. The van der Waals surface area contributed by atoms with E-state index in [9.17, 15) is 9.59 Å². The van der Waals surface area contributed by atoms with Crippen molar-refractivity contribution in [3.63, 3.8) is 0 Å². The average Bonchev–Trinajstić information content (AvgIpc) is 2.95. The van der Waals surface area contributed by atoms with Crippen LogP contribution in [0.2, 0.25) is 0 Å². The maximum absolute atomic E-state index is 12.6. The van der Waals surface area contributed by atoms with Gasteiger partial charge < -0.3 is 19.8 Å². The van der Waals surface area contributed by atoms with E-state index in [0.717, 1.165) is 57.0 Å². The number of unbranched alkanes of at least 4 members (excludes halogenated alkanes) is 4. The molecule has 2 N–H and O–H groups in total. The normalized spacial score (nSPS) is 12.9. The Bertz CT molecular complexity index is 1490. The van der Waals surface area contributed by atoms with Gasteiger partial charge in [-0.3, -0.25) is 9.78 Å². The van der Waals surface area contributed by atoms with Gasteiger partial charge in [0.1, 0.15) is 16.9 Å². The van der Waals surface area contributed by atoms with E-state index in [-0.39, 0.29) is 5.56 Å². The number of nitrogens with one attached hydrogen (secondary N) is 2. The van der Waals surface area contributed by atoms with E-state index < -0.39 is 11.5 Å². The Hall–Kier alpha value is -3.87. The maximum atomic E-state index is 12.6. The molecule has 198 valence electrons. The molecular weight excluding hydrogens is 478 g/mol. The monoisotopic (exact) mass is 513 g/mol. The van der Waals surface area contributed by atoms with Crippen molar-refractivity contribution < 1.29 is 13.9 Å². The van der Waals surface area contributed by atoms with E-state index in [1.807, 2.05) is 0 Å². The van der Waals surface area contributed by atoms with Crippen molar-refractivity contribution in [2.75, 3.05) is 25.5 Å². The van der Waals surface area contributed by atoms with Crippen molar-refractivity contribution >= 4 is 33.5 Å². The molecule has 1 aliphatic rings. The second-order valence-corrected chi connectivity index (χ2v) is 9.94. The van der Waals surface area contributed by atoms with Crippen LogP contribution in [-0.2, 0) is 12.8 Å². The fraction of sp³-hybridized carbons (Fsp3) is 0.387. The van der Waals surface area contributed by atoms with E-state index in [0.29, 0.717) is 23.3 Å². The third-order valence-electron chi connectivity index (χ3n) is 7.29. The van der Waals surface area contributed by atoms with Crippen molar-refractivity contribution in [2.45, 2.75) is 57.8 Å². The van der Waals surface area contributed by atoms with Gasteiger partial charge in [0, 0.05) is 35.2 Å². The van der Waals surface area contributed by atoms with Crippen molar-refractivity contribution in [1.29, 1.82) is 0 Å². The van der Waals surface area contributed by atoms with Crippen LogP contribution < -0.4 is 21.0 Å². The third kappa shape index (κ3) is 5.82. The third-order valence-corrected chi connectivity index (χ3v) is 7.29. The molecule has 2 heterocycles. The molecule has 38 heavy (non-hydrogen) atoms. The molecule has 1 aliphatic carbocycles. The highest BCUT2D eigenvalue weighted by molar-refractivity contribution is 5.97.